The van der Waals surface area contributed by atoms with Crippen LogP contribution in [0.3, 0.4) is 0 Å². The van der Waals surface area contributed by atoms with Crippen molar-refractivity contribution in [2.75, 3.05) is 5.32 Å². The first-order valence-electron chi connectivity index (χ1n) is 8.59. The second kappa shape index (κ2) is 6.12. The van der Waals surface area contributed by atoms with Gasteiger partial charge in [-0.15, -0.1) is 0 Å². The maximum absolute atomic E-state index is 13.0. The van der Waals surface area contributed by atoms with Gasteiger partial charge in [-0.1, -0.05) is 11.6 Å². The molecule has 1 unspecified atom stereocenters. The number of aromatic nitrogens is 1. The fraction of sp³-hybridized carbons (Fsp3) is 0.368. The van der Waals surface area contributed by atoms with E-state index < -0.39 is 16.8 Å². The summed E-state index contributed by atoms with van der Waals surface area (Å²) in [7, 11) is 0. The van der Waals surface area contributed by atoms with E-state index in [1.54, 1.807) is 17.3 Å². The number of hydrogen-bond donors (Lipinski definition) is 1. The second-order valence-corrected chi connectivity index (χ2v) is 7.70. The number of amides is 2. The summed E-state index contributed by atoms with van der Waals surface area (Å²) in [5, 5.41) is 2.26. The molecular weight excluding hydrogens is 379 g/mol. The molecule has 142 valence electrons. The number of fused-ring (bicyclic) bond motifs is 4. The molecule has 2 bridgehead atoms. The summed E-state index contributed by atoms with van der Waals surface area (Å²) in [6, 6.07) is 4.78. The number of carbonyl (C=O) groups is 1. The molecule has 1 N–H and O–H groups in total. The molecular formula is C19H17ClF3N3O. The van der Waals surface area contributed by atoms with E-state index in [1.165, 1.54) is 11.6 Å². The van der Waals surface area contributed by atoms with Crippen LogP contribution < -0.4 is 5.32 Å². The maximum Gasteiger partial charge on any atom is 0.417 e. The van der Waals surface area contributed by atoms with Crippen LogP contribution in [0.25, 0.3) is 0 Å². The van der Waals surface area contributed by atoms with Gasteiger partial charge in [0.05, 0.1) is 16.6 Å². The number of pyridine rings is 1. The van der Waals surface area contributed by atoms with E-state index in [1.807, 2.05) is 13.0 Å². The number of rotatable bonds is 1. The Labute approximate surface area is 159 Å². The Kier molecular flexibility index (Phi) is 4.10. The van der Waals surface area contributed by atoms with Crippen LogP contribution in [-0.2, 0) is 12.6 Å². The molecule has 27 heavy (non-hydrogen) atoms. The predicted molar refractivity (Wildman–Crippen MR) is 95.6 cm³/mol. The third-order valence-electron chi connectivity index (χ3n) is 5.47. The first-order valence-corrected chi connectivity index (χ1v) is 8.97. The quantitative estimate of drug-likeness (QED) is 0.699. The zero-order chi connectivity index (χ0) is 19.4. The molecule has 2 atom stereocenters. The van der Waals surface area contributed by atoms with E-state index in [-0.39, 0.29) is 23.3 Å². The van der Waals surface area contributed by atoms with Crippen molar-refractivity contribution in [1.29, 1.82) is 0 Å². The fourth-order valence-electron chi connectivity index (χ4n) is 4.24. The van der Waals surface area contributed by atoms with Gasteiger partial charge in [-0.25, -0.2) is 4.79 Å². The lowest BCUT2D eigenvalue weighted by Crippen LogP contribution is -2.52. The highest BCUT2D eigenvalue weighted by atomic mass is 35.5. The highest BCUT2D eigenvalue weighted by molar-refractivity contribution is 6.31. The van der Waals surface area contributed by atoms with Gasteiger partial charge < -0.3 is 10.2 Å². The number of hydrogen-bond acceptors (Lipinski definition) is 2. The van der Waals surface area contributed by atoms with Crippen molar-refractivity contribution in [2.24, 2.45) is 0 Å². The second-order valence-electron chi connectivity index (χ2n) is 7.30. The molecule has 0 spiro atoms. The van der Waals surface area contributed by atoms with Crippen LogP contribution in [-0.4, -0.2) is 21.5 Å². The van der Waals surface area contributed by atoms with Gasteiger partial charge in [0, 0.05) is 23.6 Å². The molecule has 4 nitrogen and oxygen atoms in total. The van der Waals surface area contributed by atoms with E-state index in [9.17, 15) is 18.0 Å². The van der Waals surface area contributed by atoms with E-state index >= 15 is 0 Å². The van der Waals surface area contributed by atoms with Crippen molar-refractivity contribution < 1.29 is 18.0 Å². The number of nitrogens with one attached hydrogen (secondary N) is 1. The van der Waals surface area contributed by atoms with Gasteiger partial charge in [0.15, 0.2) is 0 Å². The smallest absolute Gasteiger partial charge is 0.312 e. The van der Waals surface area contributed by atoms with Crippen molar-refractivity contribution >= 4 is 23.3 Å². The van der Waals surface area contributed by atoms with Crippen LogP contribution in [0.1, 0.15) is 42.5 Å². The zero-order valence-electron chi connectivity index (χ0n) is 14.5. The maximum atomic E-state index is 13.0. The largest absolute Gasteiger partial charge is 0.417 e. The van der Waals surface area contributed by atoms with E-state index in [0.717, 1.165) is 37.0 Å². The van der Waals surface area contributed by atoms with Crippen LogP contribution in [0, 0.1) is 0 Å². The average Bonchev–Trinajstić information content (AvgIpc) is 2.83. The Balaban J connectivity index is 1.60. The number of anilines is 1. The normalized spacial score (nSPS) is 23.9. The lowest BCUT2D eigenvalue weighted by molar-refractivity contribution is -0.137. The SMILES string of the molecule is CC12CC[C@H](c3cnccc3C1)N2C(=O)Nc1ccc(C(F)(F)F)c(Cl)c1. The van der Waals surface area contributed by atoms with Gasteiger partial charge in [0.2, 0.25) is 0 Å². The highest BCUT2D eigenvalue weighted by Gasteiger charge is 2.50. The molecule has 1 saturated heterocycles. The number of halogens is 4. The summed E-state index contributed by atoms with van der Waals surface area (Å²) in [5.41, 5.74) is 1.20. The van der Waals surface area contributed by atoms with Crippen LogP contribution in [0.15, 0.2) is 36.7 Å². The Morgan fingerprint density at radius 2 is 2.15 bits per heavy atom. The van der Waals surface area contributed by atoms with Gasteiger partial charge in [0.1, 0.15) is 0 Å². The number of urea groups is 1. The summed E-state index contributed by atoms with van der Waals surface area (Å²) >= 11 is 5.75. The van der Waals surface area contributed by atoms with Gasteiger partial charge in [-0.3, -0.25) is 4.98 Å². The lowest BCUT2D eigenvalue weighted by Gasteiger charge is -2.43. The molecule has 2 amide bonds. The van der Waals surface area contributed by atoms with Crippen LogP contribution in [0.2, 0.25) is 5.02 Å². The minimum atomic E-state index is -4.53. The molecule has 4 rings (SSSR count). The minimum Gasteiger partial charge on any atom is -0.312 e. The third-order valence-corrected chi connectivity index (χ3v) is 5.78. The van der Waals surface area contributed by atoms with Crippen molar-refractivity contribution in [2.45, 2.75) is 43.9 Å². The molecule has 1 aromatic heterocycles. The van der Waals surface area contributed by atoms with Crippen LogP contribution >= 0.6 is 11.6 Å². The first-order chi connectivity index (χ1) is 12.7. The standard InChI is InChI=1S/C19H17ClF3N3O/c1-18-6-4-16(13-10-24-7-5-11(13)9-18)26(18)17(27)25-12-2-3-14(15(20)8-12)19(21,22)23/h2-3,5,7-8,10,16H,4,6,9H2,1H3,(H,25,27)/t16-,18?/m1/s1. The number of benzene rings is 1. The predicted octanol–water partition coefficient (Wildman–Crippen LogP) is 5.44. The summed E-state index contributed by atoms with van der Waals surface area (Å²) in [6.07, 6.45) is 1.42. The van der Waals surface area contributed by atoms with Crippen molar-refractivity contribution in [1.82, 2.24) is 9.88 Å². The van der Waals surface area contributed by atoms with Gasteiger partial charge >= 0.3 is 12.2 Å². The van der Waals surface area contributed by atoms with Crippen molar-refractivity contribution in [3.63, 3.8) is 0 Å². The molecule has 3 heterocycles. The number of carbonyl (C=O) groups excluding carboxylic acids is 1. The van der Waals surface area contributed by atoms with Crippen molar-refractivity contribution in [3.8, 4) is 0 Å². The molecule has 0 radical (unpaired) electrons. The minimum absolute atomic E-state index is 0.0858. The molecule has 0 saturated carbocycles. The zero-order valence-corrected chi connectivity index (χ0v) is 15.2. The Morgan fingerprint density at radius 3 is 2.85 bits per heavy atom. The van der Waals surface area contributed by atoms with Gasteiger partial charge in [0.25, 0.3) is 0 Å². The molecule has 2 aromatic rings. The molecule has 1 aromatic carbocycles. The summed E-state index contributed by atoms with van der Waals surface area (Å²) in [6.45, 7) is 2.04. The third kappa shape index (κ3) is 3.04. The van der Waals surface area contributed by atoms with E-state index in [4.69, 9.17) is 11.6 Å². The van der Waals surface area contributed by atoms with Crippen LogP contribution in [0.5, 0.6) is 0 Å². The van der Waals surface area contributed by atoms with Crippen LogP contribution in [0.4, 0.5) is 23.7 Å². The Bertz CT molecular complexity index is 917. The molecule has 8 heteroatoms. The Hall–Kier alpha value is -2.28. The summed E-state index contributed by atoms with van der Waals surface area (Å²) < 4.78 is 38.5. The average molecular weight is 396 g/mol. The lowest BCUT2D eigenvalue weighted by atomic mass is 9.87. The molecule has 2 aliphatic rings. The summed E-state index contributed by atoms with van der Waals surface area (Å²) in [5.74, 6) is 0. The fourth-order valence-corrected chi connectivity index (χ4v) is 4.53. The van der Waals surface area contributed by atoms with Crippen molar-refractivity contribution in [3.05, 3.63) is 58.4 Å². The van der Waals surface area contributed by atoms with E-state index in [2.05, 4.69) is 10.3 Å². The first kappa shape index (κ1) is 18.1. The molecule has 2 aliphatic heterocycles. The number of alkyl halides is 3. The van der Waals surface area contributed by atoms with E-state index in [0.29, 0.717) is 0 Å². The number of nitrogens with zero attached hydrogens (tertiary/aromatic N) is 2. The Morgan fingerprint density at radius 1 is 1.37 bits per heavy atom. The topological polar surface area (TPSA) is 45.2 Å². The monoisotopic (exact) mass is 395 g/mol. The van der Waals surface area contributed by atoms with Gasteiger partial charge in [-0.05, 0) is 61.6 Å². The highest BCUT2D eigenvalue weighted by Crippen LogP contribution is 2.49. The molecule has 1 fully saturated rings. The van der Waals surface area contributed by atoms with Gasteiger partial charge in [-0.2, -0.15) is 13.2 Å². The summed E-state index contributed by atoms with van der Waals surface area (Å²) in [4.78, 5) is 18.9. The molecule has 0 aliphatic carbocycles.